The van der Waals surface area contributed by atoms with Crippen LogP contribution in [0.5, 0.6) is 17.2 Å². The average Bonchev–Trinajstić information content (AvgIpc) is 3.21. The molecular formula is C25H27NO4. The van der Waals surface area contributed by atoms with Gasteiger partial charge in [0, 0.05) is 12.8 Å². The van der Waals surface area contributed by atoms with Crippen molar-refractivity contribution in [2.75, 3.05) is 19.0 Å². The molecule has 1 aliphatic heterocycles. The minimum absolute atomic E-state index is 0.0763. The third kappa shape index (κ3) is 3.80. The monoisotopic (exact) mass is 405 g/mol. The van der Waals surface area contributed by atoms with Gasteiger partial charge in [-0.25, -0.2) is 0 Å². The van der Waals surface area contributed by atoms with E-state index in [0.717, 1.165) is 29.0 Å². The van der Waals surface area contributed by atoms with Crippen molar-refractivity contribution in [3.8, 4) is 17.2 Å². The largest absolute Gasteiger partial charge is 0.493 e. The summed E-state index contributed by atoms with van der Waals surface area (Å²) in [6.07, 6.45) is 5.54. The number of allylic oxidation sites excluding steroid dienone is 2. The van der Waals surface area contributed by atoms with Crippen LogP contribution in [0.15, 0.2) is 60.7 Å². The fraction of sp³-hybridized carbons (Fsp3) is 0.320. The standard InChI is InChI=1S/C25H27NO4/c1-15(2)14-29-22-10-6-9-20-18-7-5-8-19(18)24(26-25(20)22)17-11-12-21(30-16(3)27)23(13-17)28-4/h5-7,9-13,18-19,24,26H,1,8,14H2,2-4H3. The zero-order valence-electron chi connectivity index (χ0n) is 17.6. The van der Waals surface area contributed by atoms with E-state index >= 15 is 0 Å². The van der Waals surface area contributed by atoms with Gasteiger partial charge in [0.15, 0.2) is 11.5 Å². The summed E-state index contributed by atoms with van der Waals surface area (Å²) in [5.74, 6) is 2.14. The molecule has 0 amide bonds. The maximum atomic E-state index is 11.4. The van der Waals surface area contributed by atoms with Gasteiger partial charge in [-0.05, 0) is 54.2 Å². The third-order valence-corrected chi connectivity index (χ3v) is 5.63. The predicted molar refractivity (Wildman–Crippen MR) is 117 cm³/mol. The molecule has 2 aromatic rings. The molecule has 0 bridgehead atoms. The molecule has 0 fully saturated rings. The van der Waals surface area contributed by atoms with E-state index in [1.165, 1.54) is 12.5 Å². The third-order valence-electron chi connectivity index (χ3n) is 5.63. The number of esters is 1. The van der Waals surface area contributed by atoms with Crippen LogP contribution in [0.1, 0.15) is 43.4 Å². The van der Waals surface area contributed by atoms with Crippen LogP contribution in [0.4, 0.5) is 5.69 Å². The van der Waals surface area contributed by atoms with E-state index in [-0.39, 0.29) is 12.0 Å². The van der Waals surface area contributed by atoms with E-state index in [0.29, 0.717) is 29.9 Å². The topological polar surface area (TPSA) is 56.8 Å². The number of carbonyl (C=O) groups is 1. The fourth-order valence-corrected chi connectivity index (χ4v) is 4.36. The van der Waals surface area contributed by atoms with Crippen molar-refractivity contribution >= 4 is 11.7 Å². The van der Waals surface area contributed by atoms with Gasteiger partial charge in [0.05, 0.1) is 18.8 Å². The highest BCUT2D eigenvalue weighted by atomic mass is 16.6. The number of hydrogen-bond donors (Lipinski definition) is 1. The molecule has 3 unspecified atom stereocenters. The summed E-state index contributed by atoms with van der Waals surface area (Å²) < 4.78 is 16.8. The maximum absolute atomic E-state index is 11.4. The van der Waals surface area contributed by atoms with Crippen LogP contribution in [0.2, 0.25) is 0 Å². The Bertz CT molecular complexity index is 1010. The van der Waals surface area contributed by atoms with Crippen LogP contribution >= 0.6 is 0 Å². The normalized spacial score (nSPS) is 21.2. The number of para-hydroxylation sites is 1. The molecule has 4 rings (SSSR count). The summed E-state index contributed by atoms with van der Waals surface area (Å²) in [4.78, 5) is 11.4. The highest BCUT2D eigenvalue weighted by Crippen LogP contribution is 2.52. The second-order valence-corrected chi connectivity index (χ2v) is 7.95. The van der Waals surface area contributed by atoms with Gasteiger partial charge < -0.3 is 19.5 Å². The van der Waals surface area contributed by atoms with E-state index in [1.54, 1.807) is 13.2 Å². The molecule has 2 aromatic carbocycles. The van der Waals surface area contributed by atoms with Crippen LogP contribution in [0.3, 0.4) is 0 Å². The summed E-state index contributed by atoms with van der Waals surface area (Å²) in [6, 6.07) is 12.0. The summed E-state index contributed by atoms with van der Waals surface area (Å²) in [6.45, 7) is 7.76. The Morgan fingerprint density at radius 1 is 1.17 bits per heavy atom. The molecule has 2 aliphatic rings. The van der Waals surface area contributed by atoms with Crippen molar-refractivity contribution in [1.82, 2.24) is 0 Å². The Labute approximate surface area is 177 Å². The molecule has 0 spiro atoms. The maximum Gasteiger partial charge on any atom is 0.308 e. The first kappa shape index (κ1) is 20.1. The van der Waals surface area contributed by atoms with Crippen molar-refractivity contribution < 1.29 is 19.0 Å². The average molecular weight is 405 g/mol. The minimum atomic E-state index is -0.370. The first-order valence-corrected chi connectivity index (χ1v) is 10.2. The lowest BCUT2D eigenvalue weighted by molar-refractivity contribution is -0.132. The summed E-state index contributed by atoms with van der Waals surface area (Å²) in [5.41, 5.74) is 4.35. The minimum Gasteiger partial charge on any atom is -0.493 e. The van der Waals surface area contributed by atoms with Crippen LogP contribution in [-0.4, -0.2) is 19.7 Å². The van der Waals surface area contributed by atoms with Gasteiger partial charge in [0.25, 0.3) is 0 Å². The SMILES string of the molecule is C=C(C)COc1cccc2c1NC(c1ccc(OC(C)=O)c(OC)c1)C1CC=CC21. The molecule has 3 atom stereocenters. The molecule has 0 aromatic heterocycles. The number of rotatable bonds is 6. The van der Waals surface area contributed by atoms with Gasteiger partial charge in [-0.3, -0.25) is 4.79 Å². The second-order valence-electron chi connectivity index (χ2n) is 7.95. The zero-order valence-corrected chi connectivity index (χ0v) is 17.6. The number of fused-ring (bicyclic) bond motifs is 3. The molecule has 0 radical (unpaired) electrons. The number of nitrogens with one attached hydrogen (secondary N) is 1. The van der Waals surface area contributed by atoms with E-state index in [1.807, 2.05) is 25.1 Å². The van der Waals surface area contributed by atoms with Crippen molar-refractivity contribution in [2.45, 2.75) is 32.2 Å². The second kappa shape index (κ2) is 8.27. The lowest BCUT2D eigenvalue weighted by Gasteiger charge is -2.38. The van der Waals surface area contributed by atoms with Gasteiger partial charge in [0.1, 0.15) is 12.4 Å². The highest BCUT2D eigenvalue weighted by Gasteiger charge is 2.39. The lowest BCUT2D eigenvalue weighted by atomic mass is 9.77. The Hall–Kier alpha value is -3.21. The first-order chi connectivity index (χ1) is 14.5. The fourth-order valence-electron chi connectivity index (χ4n) is 4.36. The molecule has 5 nitrogen and oxygen atoms in total. The van der Waals surface area contributed by atoms with Crippen LogP contribution in [0, 0.1) is 5.92 Å². The molecule has 0 saturated heterocycles. The Kier molecular flexibility index (Phi) is 5.53. The quantitative estimate of drug-likeness (QED) is 0.396. The zero-order chi connectivity index (χ0) is 21.3. The van der Waals surface area contributed by atoms with Gasteiger partial charge in [-0.2, -0.15) is 0 Å². The summed E-state index contributed by atoms with van der Waals surface area (Å²) in [7, 11) is 1.58. The van der Waals surface area contributed by atoms with Gasteiger partial charge in [0.2, 0.25) is 0 Å². The van der Waals surface area contributed by atoms with E-state index in [9.17, 15) is 4.79 Å². The van der Waals surface area contributed by atoms with Crippen LogP contribution in [0.25, 0.3) is 0 Å². The van der Waals surface area contributed by atoms with E-state index in [4.69, 9.17) is 14.2 Å². The van der Waals surface area contributed by atoms with Crippen molar-refractivity contribution in [3.63, 3.8) is 0 Å². The molecule has 1 N–H and O–H groups in total. The summed E-state index contributed by atoms with van der Waals surface area (Å²) >= 11 is 0. The number of anilines is 1. The number of hydrogen-bond acceptors (Lipinski definition) is 5. The molecule has 156 valence electrons. The van der Waals surface area contributed by atoms with Gasteiger partial charge >= 0.3 is 5.97 Å². The Morgan fingerprint density at radius 3 is 2.73 bits per heavy atom. The van der Waals surface area contributed by atoms with E-state index in [2.05, 4.69) is 36.2 Å². The number of carbonyl (C=O) groups excluding carboxylic acids is 1. The Morgan fingerprint density at radius 2 is 2.00 bits per heavy atom. The van der Waals surface area contributed by atoms with Crippen LogP contribution < -0.4 is 19.5 Å². The smallest absolute Gasteiger partial charge is 0.308 e. The number of benzene rings is 2. The first-order valence-electron chi connectivity index (χ1n) is 10.2. The molecular weight excluding hydrogens is 378 g/mol. The molecule has 5 heteroatoms. The van der Waals surface area contributed by atoms with Crippen molar-refractivity contribution in [3.05, 3.63) is 71.8 Å². The van der Waals surface area contributed by atoms with E-state index < -0.39 is 0 Å². The molecule has 1 heterocycles. The molecule has 0 saturated carbocycles. The Balaban J connectivity index is 1.71. The molecule has 1 aliphatic carbocycles. The van der Waals surface area contributed by atoms with Gasteiger partial charge in [-0.15, -0.1) is 0 Å². The summed E-state index contributed by atoms with van der Waals surface area (Å²) in [5, 5.41) is 3.73. The molecule has 30 heavy (non-hydrogen) atoms. The predicted octanol–water partition coefficient (Wildman–Crippen LogP) is 5.40. The van der Waals surface area contributed by atoms with Crippen molar-refractivity contribution in [2.24, 2.45) is 5.92 Å². The van der Waals surface area contributed by atoms with Crippen molar-refractivity contribution in [1.29, 1.82) is 0 Å². The number of ether oxygens (including phenoxy) is 3. The highest BCUT2D eigenvalue weighted by molar-refractivity contribution is 5.71. The van der Waals surface area contributed by atoms with Gasteiger partial charge in [-0.1, -0.05) is 36.9 Å². The number of methoxy groups -OCH3 is 1. The lowest BCUT2D eigenvalue weighted by Crippen LogP contribution is -2.29. The van der Waals surface area contributed by atoms with Crippen LogP contribution in [-0.2, 0) is 4.79 Å².